The third-order valence-electron chi connectivity index (χ3n) is 3.24. The van der Waals surface area contributed by atoms with Crippen molar-refractivity contribution in [3.8, 4) is 0 Å². The third-order valence-corrected chi connectivity index (χ3v) is 3.24. The number of nitrogens with zero attached hydrogens (tertiary/aromatic N) is 3. The first-order valence-corrected chi connectivity index (χ1v) is 6.33. The maximum absolute atomic E-state index is 4.58. The van der Waals surface area contributed by atoms with Crippen molar-refractivity contribution in [2.24, 2.45) is 0 Å². The minimum absolute atomic E-state index is 0.518. The summed E-state index contributed by atoms with van der Waals surface area (Å²) >= 11 is 0. The Hall–Kier alpha value is -1.16. The Balaban J connectivity index is 2.88. The lowest BCUT2D eigenvalue weighted by molar-refractivity contribution is 0.579. The molecule has 0 fully saturated rings. The van der Waals surface area contributed by atoms with Crippen LogP contribution < -0.4 is 10.2 Å². The van der Waals surface area contributed by atoms with Crippen LogP contribution in [0, 0.1) is 6.92 Å². The van der Waals surface area contributed by atoms with E-state index < -0.39 is 0 Å². The minimum Gasteiger partial charge on any atom is -0.341 e. The van der Waals surface area contributed by atoms with E-state index in [0.717, 1.165) is 36.6 Å². The number of hydrogen-bond acceptors (Lipinski definition) is 4. The molecule has 0 aromatic carbocycles. The molecule has 0 amide bonds. The molecule has 0 atom stereocenters. The van der Waals surface area contributed by atoms with Gasteiger partial charge in [-0.2, -0.15) is 0 Å². The summed E-state index contributed by atoms with van der Waals surface area (Å²) in [5.74, 6) is 0.830. The molecule has 1 aromatic heterocycles. The van der Waals surface area contributed by atoms with Gasteiger partial charge in [-0.15, -0.1) is 0 Å². The Morgan fingerprint density at radius 3 is 2.47 bits per heavy atom. The lowest BCUT2D eigenvalue weighted by Gasteiger charge is -2.26. The fourth-order valence-corrected chi connectivity index (χ4v) is 2.01. The molecule has 1 aromatic rings. The van der Waals surface area contributed by atoms with E-state index in [1.165, 1.54) is 0 Å². The van der Waals surface area contributed by atoms with Gasteiger partial charge in [-0.05, 0) is 26.8 Å². The zero-order valence-corrected chi connectivity index (χ0v) is 11.6. The number of hydrogen-bond donors (Lipinski definition) is 1. The average molecular weight is 236 g/mol. The summed E-state index contributed by atoms with van der Waals surface area (Å²) < 4.78 is 0. The number of rotatable bonds is 6. The van der Waals surface area contributed by atoms with E-state index in [-0.39, 0.29) is 0 Å². The van der Waals surface area contributed by atoms with E-state index in [1.807, 2.05) is 20.2 Å². The molecule has 4 nitrogen and oxygen atoms in total. The van der Waals surface area contributed by atoms with Crippen molar-refractivity contribution in [1.29, 1.82) is 0 Å². The molecule has 96 valence electrons. The number of aryl methyl sites for hydroxylation is 1. The van der Waals surface area contributed by atoms with Gasteiger partial charge in [0.1, 0.15) is 0 Å². The number of nitrogens with one attached hydrogen (secondary N) is 1. The van der Waals surface area contributed by atoms with Crippen molar-refractivity contribution in [1.82, 2.24) is 15.3 Å². The normalized spacial score (nSPS) is 10.9. The number of aromatic nitrogens is 2. The van der Waals surface area contributed by atoms with Crippen molar-refractivity contribution >= 4 is 5.95 Å². The summed E-state index contributed by atoms with van der Waals surface area (Å²) in [5.41, 5.74) is 2.22. The first-order valence-electron chi connectivity index (χ1n) is 6.33. The predicted octanol–water partition coefficient (Wildman–Crippen LogP) is 2.13. The second-order valence-electron chi connectivity index (χ2n) is 4.39. The highest BCUT2D eigenvalue weighted by molar-refractivity contribution is 5.33. The highest BCUT2D eigenvalue weighted by Crippen LogP contribution is 2.15. The van der Waals surface area contributed by atoms with Crippen LogP contribution in [0.4, 0.5) is 5.95 Å². The van der Waals surface area contributed by atoms with Crippen molar-refractivity contribution in [2.75, 3.05) is 19.0 Å². The van der Waals surface area contributed by atoms with E-state index >= 15 is 0 Å². The van der Waals surface area contributed by atoms with E-state index in [4.69, 9.17) is 0 Å². The van der Waals surface area contributed by atoms with Crippen LogP contribution >= 0.6 is 0 Å². The molecule has 0 aliphatic rings. The molecule has 0 unspecified atom stereocenters. The van der Waals surface area contributed by atoms with Gasteiger partial charge in [0.25, 0.3) is 0 Å². The molecule has 0 saturated heterocycles. The van der Waals surface area contributed by atoms with Crippen LogP contribution in [-0.4, -0.2) is 30.1 Å². The summed E-state index contributed by atoms with van der Waals surface area (Å²) in [6.07, 6.45) is 4.16. The SMILES string of the molecule is CCC(CC)N(C)c1ncc(CNC)c(C)n1. The zero-order chi connectivity index (χ0) is 12.8. The molecular formula is C13H24N4. The highest BCUT2D eigenvalue weighted by Gasteiger charge is 2.14. The summed E-state index contributed by atoms with van der Waals surface area (Å²) in [6, 6.07) is 0.518. The minimum atomic E-state index is 0.518. The van der Waals surface area contributed by atoms with Crippen LogP contribution in [0.5, 0.6) is 0 Å². The third kappa shape index (κ3) is 3.40. The molecule has 17 heavy (non-hydrogen) atoms. The van der Waals surface area contributed by atoms with Gasteiger partial charge < -0.3 is 10.2 Å². The van der Waals surface area contributed by atoms with Crippen molar-refractivity contribution in [2.45, 2.75) is 46.2 Å². The molecule has 1 rings (SSSR count). The molecule has 1 N–H and O–H groups in total. The quantitative estimate of drug-likeness (QED) is 0.821. The van der Waals surface area contributed by atoms with Gasteiger partial charge in [0.15, 0.2) is 0 Å². The Bertz CT molecular complexity index is 347. The second-order valence-corrected chi connectivity index (χ2v) is 4.39. The van der Waals surface area contributed by atoms with Gasteiger partial charge in [0.2, 0.25) is 5.95 Å². The molecule has 0 aliphatic carbocycles. The average Bonchev–Trinajstić information content (AvgIpc) is 2.33. The fourth-order valence-electron chi connectivity index (χ4n) is 2.01. The summed E-state index contributed by atoms with van der Waals surface area (Å²) in [5, 5.41) is 3.13. The molecular weight excluding hydrogens is 212 g/mol. The van der Waals surface area contributed by atoms with E-state index in [0.29, 0.717) is 6.04 Å². The Labute approximate surface area is 104 Å². The van der Waals surface area contributed by atoms with Gasteiger partial charge in [-0.1, -0.05) is 13.8 Å². The fraction of sp³-hybridized carbons (Fsp3) is 0.692. The van der Waals surface area contributed by atoms with Crippen LogP contribution in [0.2, 0.25) is 0 Å². The van der Waals surface area contributed by atoms with Crippen molar-refractivity contribution in [3.05, 3.63) is 17.5 Å². The molecule has 1 heterocycles. The summed E-state index contributed by atoms with van der Waals surface area (Å²) in [4.78, 5) is 11.2. The Morgan fingerprint density at radius 2 is 2.00 bits per heavy atom. The molecule has 0 bridgehead atoms. The monoisotopic (exact) mass is 236 g/mol. The smallest absolute Gasteiger partial charge is 0.225 e. The summed E-state index contributed by atoms with van der Waals surface area (Å²) in [7, 11) is 4.01. The molecule has 0 radical (unpaired) electrons. The lowest BCUT2D eigenvalue weighted by atomic mass is 10.1. The van der Waals surface area contributed by atoms with Crippen LogP contribution in [0.15, 0.2) is 6.20 Å². The maximum atomic E-state index is 4.58. The van der Waals surface area contributed by atoms with Crippen molar-refractivity contribution in [3.63, 3.8) is 0 Å². The molecule has 4 heteroatoms. The molecule has 0 saturated carbocycles. The first-order chi connectivity index (χ1) is 8.13. The number of anilines is 1. The second kappa shape index (κ2) is 6.55. The standard InChI is InChI=1S/C13H24N4/c1-6-12(7-2)17(5)13-15-9-11(8-14-4)10(3)16-13/h9,12,14H,6-8H2,1-5H3. The van der Waals surface area contributed by atoms with E-state index in [9.17, 15) is 0 Å². The first kappa shape index (κ1) is 13.9. The van der Waals surface area contributed by atoms with Crippen molar-refractivity contribution < 1.29 is 0 Å². The van der Waals surface area contributed by atoms with Crippen LogP contribution in [0.25, 0.3) is 0 Å². The molecule has 0 aliphatic heterocycles. The van der Waals surface area contributed by atoms with E-state index in [1.54, 1.807) is 0 Å². The van der Waals surface area contributed by atoms with Gasteiger partial charge in [0.05, 0.1) is 0 Å². The Kier molecular flexibility index (Phi) is 5.35. The maximum Gasteiger partial charge on any atom is 0.225 e. The highest BCUT2D eigenvalue weighted by atomic mass is 15.2. The largest absolute Gasteiger partial charge is 0.341 e. The van der Waals surface area contributed by atoms with Gasteiger partial charge >= 0.3 is 0 Å². The van der Waals surface area contributed by atoms with Crippen LogP contribution in [0.3, 0.4) is 0 Å². The predicted molar refractivity (Wildman–Crippen MR) is 72.3 cm³/mol. The molecule has 0 spiro atoms. The van der Waals surface area contributed by atoms with Crippen LogP contribution in [0.1, 0.15) is 37.9 Å². The zero-order valence-electron chi connectivity index (χ0n) is 11.6. The Morgan fingerprint density at radius 1 is 1.35 bits per heavy atom. The van der Waals surface area contributed by atoms with E-state index in [2.05, 4.69) is 41.1 Å². The summed E-state index contributed by atoms with van der Waals surface area (Å²) in [6.45, 7) is 7.26. The van der Waals surface area contributed by atoms with Gasteiger partial charge in [-0.25, -0.2) is 9.97 Å². The lowest BCUT2D eigenvalue weighted by Crippen LogP contribution is -2.32. The topological polar surface area (TPSA) is 41.1 Å². The van der Waals surface area contributed by atoms with Gasteiger partial charge in [0, 0.05) is 37.1 Å². The van der Waals surface area contributed by atoms with Crippen LogP contribution in [-0.2, 0) is 6.54 Å². The van der Waals surface area contributed by atoms with Gasteiger partial charge in [-0.3, -0.25) is 0 Å².